The first-order valence-electron chi connectivity index (χ1n) is 7.69. The molecule has 1 aromatic carbocycles. The fraction of sp³-hybridized carbons (Fsp3) is 0.588. The Morgan fingerprint density at radius 2 is 2.25 bits per heavy atom. The molecule has 3 nitrogen and oxygen atoms in total. The molecular formula is C17H21NO2. The van der Waals surface area contributed by atoms with Crippen molar-refractivity contribution in [3.8, 4) is 5.75 Å². The van der Waals surface area contributed by atoms with Crippen molar-refractivity contribution >= 4 is 5.78 Å². The van der Waals surface area contributed by atoms with E-state index in [1.807, 2.05) is 13.0 Å². The highest BCUT2D eigenvalue weighted by atomic mass is 16.3. The summed E-state index contributed by atoms with van der Waals surface area (Å²) < 4.78 is 0. The zero-order valence-electron chi connectivity index (χ0n) is 11.9. The molecule has 106 valence electrons. The summed E-state index contributed by atoms with van der Waals surface area (Å²) in [5.41, 5.74) is 3.19. The molecule has 3 atom stereocenters. The van der Waals surface area contributed by atoms with Crippen molar-refractivity contribution < 1.29 is 9.90 Å². The molecule has 1 saturated carbocycles. The summed E-state index contributed by atoms with van der Waals surface area (Å²) in [5.74, 6) is 1.33. The number of hydrogen-bond acceptors (Lipinski definition) is 3. The number of phenols is 1. The zero-order valence-corrected chi connectivity index (χ0v) is 11.9. The fourth-order valence-corrected chi connectivity index (χ4v) is 4.96. The van der Waals surface area contributed by atoms with E-state index in [4.69, 9.17) is 0 Å². The standard InChI is InChI=1S/C17H21NO2/c1-10-2-3-11-8-14-13-5-4-12(19)9-17(13,6-7-18-14)15(11)16(10)20/h2-3,13-14,18,20H,4-9H2,1H3. The van der Waals surface area contributed by atoms with Crippen LogP contribution in [0.3, 0.4) is 0 Å². The van der Waals surface area contributed by atoms with Gasteiger partial charge < -0.3 is 10.4 Å². The molecular weight excluding hydrogens is 250 g/mol. The molecule has 2 fully saturated rings. The second-order valence-corrected chi connectivity index (χ2v) is 6.80. The third-order valence-corrected chi connectivity index (χ3v) is 5.82. The largest absolute Gasteiger partial charge is 0.507 e. The zero-order chi connectivity index (χ0) is 13.9. The number of fused-ring (bicyclic) bond motifs is 1. The third-order valence-electron chi connectivity index (χ3n) is 5.82. The summed E-state index contributed by atoms with van der Waals surface area (Å²) >= 11 is 0. The molecule has 1 heterocycles. The van der Waals surface area contributed by atoms with Crippen LogP contribution in [0.4, 0.5) is 0 Å². The van der Waals surface area contributed by atoms with Crippen LogP contribution >= 0.6 is 0 Å². The molecule has 2 aliphatic carbocycles. The first-order chi connectivity index (χ1) is 9.62. The van der Waals surface area contributed by atoms with E-state index in [0.717, 1.165) is 36.9 Å². The van der Waals surface area contributed by atoms with Crippen LogP contribution in [-0.2, 0) is 16.6 Å². The van der Waals surface area contributed by atoms with Gasteiger partial charge in [-0.25, -0.2) is 0 Å². The Hall–Kier alpha value is -1.35. The Morgan fingerprint density at radius 1 is 1.40 bits per heavy atom. The smallest absolute Gasteiger partial charge is 0.133 e. The number of phenolic OH excluding ortho intramolecular Hbond substituents is 1. The number of aromatic hydroxyl groups is 1. The lowest BCUT2D eigenvalue weighted by Crippen LogP contribution is -2.60. The van der Waals surface area contributed by atoms with E-state index in [1.165, 1.54) is 5.56 Å². The molecule has 20 heavy (non-hydrogen) atoms. The monoisotopic (exact) mass is 271 g/mol. The molecule has 1 aromatic rings. The van der Waals surface area contributed by atoms with Crippen molar-refractivity contribution in [2.45, 2.75) is 50.5 Å². The number of Topliss-reactive ketones (excluding diaryl/α,β-unsaturated/α-hetero) is 1. The van der Waals surface area contributed by atoms with E-state index in [2.05, 4.69) is 11.4 Å². The number of carbonyl (C=O) groups excluding carboxylic acids is 1. The predicted octanol–water partition coefficient (Wildman–Crippen LogP) is 2.23. The SMILES string of the molecule is Cc1ccc2c(c1O)C13CCNC(C2)C1CCC(=O)C3. The van der Waals surface area contributed by atoms with Crippen LogP contribution in [0, 0.1) is 12.8 Å². The number of benzene rings is 1. The topological polar surface area (TPSA) is 49.3 Å². The number of ketones is 1. The Kier molecular flexibility index (Phi) is 2.53. The highest BCUT2D eigenvalue weighted by molar-refractivity contribution is 5.82. The minimum Gasteiger partial charge on any atom is -0.507 e. The summed E-state index contributed by atoms with van der Waals surface area (Å²) in [6.07, 6.45) is 4.28. The van der Waals surface area contributed by atoms with Gasteiger partial charge >= 0.3 is 0 Å². The van der Waals surface area contributed by atoms with Gasteiger partial charge in [-0.05, 0) is 49.8 Å². The molecule has 3 unspecified atom stereocenters. The van der Waals surface area contributed by atoms with Crippen molar-refractivity contribution in [2.75, 3.05) is 6.54 Å². The van der Waals surface area contributed by atoms with Crippen LogP contribution in [-0.4, -0.2) is 23.5 Å². The molecule has 1 saturated heterocycles. The summed E-state index contributed by atoms with van der Waals surface area (Å²) in [4.78, 5) is 12.1. The summed E-state index contributed by atoms with van der Waals surface area (Å²) in [6.45, 7) is 2.92. The van der Waals surface area contributed by atoms with Crippen LogP contribution in [0.25, 0.3) is 0 Å². The van der Waals surface area contributed by atoms with E-state index in [0.29, 0.717) is 36.3 Å². The fourth-order valence-electron chi connectivity index (χ4n) is 4.96. The van der Waals surface area contributed by atoms with Crippen molar-refractivity contribution in [3.05, 3.63) is 28.8 Å². The van der Waals surface area contributed by atoms with E-state index in [1.54, 1.807) is 0 Å². The lowest BCUT2D eigenvalue weighted by atomic mass is 9.52. The Bertz CT molecular complexity index is 595. The Morgan fingerprint density at radius 3 is 3.10 bits per heavy atom. The maximum Gasteiger partial charge on any atom is 0.133 e. The molecule has 3 aliphatic rings. The highest BCUT2D eigenvalue weighted by Gasteiger charge is 2.54. The van der Waals surface area contributed by atoms with E-state index in [-0.39, 0.29) is 5.41 Å². The summed E-state index contributed by atoms with van der Waals surface area (Å²) in [6, 6.07) is 4.64. The van der Waals surface area contributed by atoms with E-state index < -0.39 is 0 Å². The first-order valence-corrected chi connectivity index (χ1v) is 7.69. The third kappa shape index (κ3) is 1.47. The van der Waals surface area contributed by atoms with Crippen LogP contribution in [0.5, 0.6) is 5.75 Å². The van der Waals surface area contributed by atoms with Gasteiger partial charge in [-0.15, -0.1) is 0 Å². The lowest BCUT2D eigenvalue weighted by Gasteiger charge is -2.55. The van der Waals surface area contributed by atoms with Gasteiger partial charge in [0, 0.05) is 29.9 Å². The van der Waals surface area contributed by atoms with Gasteiger partial charge in [-0.1, -0.05) is 12.1 Å². The molecule has 0 spiro atoms. The average molecular weight is 271 g/mol. The minimum absolute atomic E-state index is 0.102. The second-order valence-electron chi connectivity index (χ2n) is 6.80. The average Bonchev–Trinajstić information content (AvgIpc) is 2.41. The van der Waals surface area contributed by atoms with Gasteiger partial charge in [-0.2, -0.15) is 0 Å². The van der Waals surface area contributed by atoms with Gasteiger partial charge in [-0.3, -0.25) is 4.79 Å². The molecule has 2 bridgehead atoms. The number of piperidine rings is 1. The van der Waals surface area contributed by atoms with Gasteiger partial charge in [0.2, 0.25) is 0 Å². The van der Waals surface area contributed by atoms with Crippen molar-refractivity contribution in [1.82, 2.24) is 5.32 Å². The maximum absolute atomic E-state index is 12.1. The van der Waals surface area contributed by atoms with Crippen LogP contribution < -0.4 is 5.32 Å². The second kappa shape index (κ2) is 4.08. The number of carbonyl (C=O) groups is 1. The van der Waals surface area contributed by atoms with Crippen LogP contribution in [0.15, 0.2) is 12.1 Å². The number of hydrogen-bond donors (Lipinski definition) is 2. The van der Waals surface area contributed by atoms with Crippen molar-refractivity contribution in [3.63, 3.8) is 0 Å². The molecule has 2 N–H and O–H groups in total. The Labute approximate surface area is 119 Å². The van der Waals surface area contributed by atoms with Crippen molar-refractivity contribution in [2.24, 2.45) is 5.92 Å². The predicted molar refractivity (Wildman–Crippen MR) is 77.0 cm³/mol. The highest BCUT2D eigenvalue weighted by Crippen LogP contribution is 2.55. The molecule has 4 rings (SSSR count). The number of aryl methyl sites for hydroxylation is 1. The maximum atomic E-state index is 12.1. The normalized spacial score (nSPS) is 35.4. The van der Waals surface area contributed by atoms with Gasteiger partial charge in [0.1, 0.15) is 11.5 Å². The molecule has 3 heteroatoms. The molecule has 1 aliphatic heterocycles. The molecule has 0 radical (unpaired) electrons. The van der Waals surface area contributed by atoms with Crippen LogP contribution in [0.2, 0.25) is 0 Å². The van der Waals surface area contributed by atoms with E-state index in [9.17, 15) is 9.90 Å². The van der Waals surface area contributed by atoms with Crippen LogP contribution in [0.1, 0.15) is 42.4 Å². The lowest BCUT2D eigenvalue weighted by molar-refractivity contribution is -0.125. The molecule has 0 aromatic heterocycles. The number of nitrogens with one attached hydrogen (secondary N) is 1. The quantitative estimate of drug-likeness (QED) is 0.760. The van der Waals surface area contributed by atoms with Gasteiger partial charge in [0.25, 0.3) is 0 Å². The summed E-state index contributed by atoms with van der Waals surface area (Å²) in [5, 5.41) is 14.3. The summed E-state index contributed by atoms with van der Waals surface area (Å²) in [7, 11) is 0. The van der Waals surface area contributed by atoms with Gasteiger partial charge in [0.05, 0.1) is 0 Å². The molecule has 0 amide bonds. The number of rotatable bonds is 0. The van der Waals surface area contributed by atoms with Gasteiger partial charge in [0.15, 0.2) is 0 Å². The van der Waals surface area contributed by atoms with Crippen molar-refractivity contribution in [1.29, 1.82) is 0 Å². The Balaban J connectivity index is 1.97. The minimum atomic E-state index is -0.102. The van der Waals surface area contributed by atoms with E-state index >= 15 is 0 Å². The first kappa shape index (κ1) is 12.4.